The Morgan fingerprint density at radius 2 is 1.94 bits per heavy atom. The van der Waals surface area contributed by atoms with E-state index in [-0.39, 0.29) is 6.29 Å². The van der Waals surface area contributed by atoms with E-state index < -0.39 is 38.9 Å². The van der Waals surface area contributed by atoms with Gasteiger partial charge in [0.2, 0.25) is 0 Å². The third kappa shape index (κ3) is 6.38. The molecule has 16 heavy (non-hydrogen) atoms. The molecule has 0 radical (unpaired) electrons. The summed E-state index contributed by atoms with van der Waals surface area (Å²) in [5, 5.41) is 16.8. The van der Waals surface area contributed by atoms with Crippen LogP contribution in [0.3, 0.4) is 0 Å². The number of phosphoric acid groups is 1. The zero-order valence-electron chi connectivity index (χ0n) is 7.81. The van der Waals surface area contributed by atoms with Gasteiger partial charge < -0.3 is 19.9 Å². The van der Waals surface area contributed by atoms with Gasteiger partial charge in [0, 0.05) is 0 Å². The number of aliphatic hydroxyl groups excluding tert-OH is 1. The molecule has 10 heteroatoms. The minimum absolute atomic E-state index is 0.0579. The van der Waals surface area contributed by atoms with Crippen LogP contribution < -0.4 is 0 Å². The van der Waals surface area contributed by atoms with Crippen LogP contribution in [0, 0.1) is 0 Å². The smallest absolute Gasteiger partial charge is 0.472 e. The highest BCUT2D eigenvalue weighted by molar-refractivity contribution is 7.47. The van der Waals surface area contributed by atoms with E-state index in [4.69, 9.17) is 15.1 Å². The largest absolute Gasteiger partial charge is 0.475 e. The standard InChI is InChI=1S/C6H9O9P/c7-1-4(8)2-14-16(12,13)15-3-5(9)6(10)11/h1,4,8H,2-3H2,(H,10,11)(H,12,13). The van der Waals surface area contributed by atoms with E-state index in [1.54, 1.807) is 0 Å². The zero-order valence-corrected chi connectivity index (χ0v) is 8.70. The topological polar surface area (TPSA) is 147 Å². The fourth-order valence-corrected chi connectivity index (χ4v) is 1.15. The lowest BCUT2D eigenvalue weighted by Crippen LogP contribution is -2.20. The molecule has 0 aromatic heterocycles. The second-order valence-electron chi connectivity index (χ2n) is 2.47. The molecular formula is C6H9O9P. The summed E-state index contributed by atoms with van der Waals surface area (Å²) in [5.41, 5.74) is 0. The average molecular weight is 256 g/mol. The molecule has 0 aliphatic carbocycles. The van der Waals surface area contributed by atoms with Gasteiger partial charge >= 0.3 is 13.8 Å². The summed E-state index contributed by atoms with van der Waals surface area (Å²) in [6, 6.07) is 0. The van der Waals surface area contributed by atoms with Crippen molar-refractivity contribution in [1.29, 1.82) is 0 Å². The second kappa shape index (κ2) is 6.46. The highest BCUT2D eigenvalue weighted by atomic mass is 31.2. The molecular weight excluding hydrogens is 247 g/mol. The molecule has 0 saturated heterocycles. The van der Waals surface area contributed by atoms with Crippen LogP contribution in [0.4, 0.5) is 0 Å². The Kier molecular flexibility index (Phi) is 6.01. The number of aliphatic carboxylic acids is 1. The van der Waals surface area contributed by atoms with E-state index >= 15 is 0 Å². The van der Waals surface area contributed by atoms with Crippen molar-refractivity contribution < 1.29 is 43.1 Å². The maximum Gasteiger partial charge on any atom is 0.472 e. The van der Waals surface area contributed by atoms with Gasteiger partial charge in [0.15, 0.2) is 6.29 Å². The first kappa shape index (κ1) is 14.9. The van der Waals surface area contributed by atoms with Crippen LogP contribution in [0.15, 0.2) is 0 Å². The second-order valence-corrected chi connectivity index (χ2v) is 3.92. The number of Topliss-reactive ketones (excluding diaryl/α,β-unsaturated/α-hetero) is 1. The minimum atomic E-state index is -4.66. The molecule has 3 N–H and O–H groups in total. The molecule has 9 nitrogen and oxygen atoms in total. The van der Waals surface area contributed by atoms with Crippen molar-refractivity contribution in [2.75, 3.05) is 13.2 Å². The Bertz CT molecular complexity index is 324. The highest BCUT2D eigenvalue weighted by Gasteiger charge is 2.25. The number of ketones is 1. The maximum atomic E-state index is 10.9. The van der Waals surface area contributed by atoms with Gasteiger partial charge in [0.05, 0.1) is 6.61 Å². The van der Waals surface area contributed by atoms with E-state index in [9.17, 15) is 18.9 Å². The molecule has 0 rings (SSSR count). The molecule has 0 aromatic carbocycles. The van der Waals surface area contributed by atoms with Crippen LogP contribution in [0.1, 0.15) is 0 Å². The molecule has 0 amide bonds. The van der Waals surface area contributed by atoms with Gasteiger partial charge in [-0.3, -0.25) is 13.8 Å². The third-order valence-corrected chi connectivity index (χ3v) is 2.09. The molecule has 0 bridgehead atoms. The fraction of sp³-hybridized carbons (Fsp3) is 0.500. The summed E-state index contributed by atoms with van der Waals surface area (Å²) >= 11 is 0. The predicted molar refractivity (Wildman–Crippen MR) is 46.4 cm³/mol. The van der Waals surface area contributed by atoms with E-state index in [1.165, 1.54) is 0 Å². The number of hydrogen-bond acceptors (Lipinski definition) is 7. The molecule has 0 aromatic rings. The van der Waals surface area contributed by atoms with Gasteiger partial charge in [0.1, 0.15) is 12.7 Å². The Morgan fingerprint density at radius 1 is 1.38 bits per heavy atom. The molecule has 2 unspecified atom stereocenters. The number of phosphoric ester groups is 1. The Balaban J connectivity index is 4.05. The van der Waals surface area contributed by atoms with E-state index in [1.807, 2.05) is 0 Å². The van der Waals surface area contributed by atoms with Crippen molar-refractivity contribution in [2.24, 2.45) is 0 Å². The summed E-state index contributed by atoms with van der Waals surface area (Å²) in [6.07, 6.45) is -1.55. The van der Waals surface area contributed by atoms with Crippen molar-refractivity contribution in [3.63, 3.8) is 0 Å². The normalized spacial score (nSPS) is 16.1. The summed E-state index contributed by atoms with van der Waals surface area (Å²) in [7, 11) is -4.66. The average Bonchev–Trinajstić information content (AvgIpc) is 2.22. The number of carboxylic acid groups (broad SMARTS) is 1. The third-order valence-electron chi connectivity index (χ3n) is 1.16. The minimum Gasteiger partial charge on any atom is -0.475 e. The van der Waals surface area contributed by atoms with Gasteiger partial charge in [-0.05, 0) is 0 Å². The maximum absolute atomic E-state index is 10.9. The van der Waals surface area contributed by atoms with Gasteiger partial charge in [-0.25, -0.2) is 9.36 Å². The Hall–Kier alpha value is -1.12. The number of carbonyl (C=O) groups is 3. The Labute approximate surface area is 89.2 Å². The van der Waals surface area contributed by atoms with Crippen molar-refractivity contribution in [3.8, 4) is 0 Å². The van der Waals surface area contributed by atoms with Crippen LogP contribution in [-0.2, 0) is 28.0 Å². The van der Waals surface area contributed by atoms with Gasteiger partial charge in [-0.15, -0.1) is 0 Å². The zero-order chi connectivity index (χ0) is 12.8. The SMILES string of the molecule is O=CC(O)COP(=O)(O)OCC(=O)C(=O)O. The molecule has 0 saturated carbocycles. The number of aliphatic hydroxyl groups is 1. The highest BCUT2D eigenvalue weighted by Crippen LogP contribution is 2.42. The summed E-state index contributed by atoms with van der Waals surface area (Å²) in [5.74, 6) is -3.26. The van der Waals surface area contributed by atoms with Crippen LogP contribution in [0.5, 0.6) is 0 Å². The lowest BCUT2D eigenvalue weighted by molar-refractivity contribution is -0.150. The number of carbonyl (C=O) groups excluding carboxylic acids is 2. The number of carboxylic acids is 1. The van der Waals surface area contributed by atoms with Crippen molar-refractivity contribution in [3.05, 3.63) is 0 Å². The van der Waals surface area contributed by atoms with Crippen molar-refractivity contribution >= 4 is 25.9 Å². The number of rotatable bonds is 8. The monoisotopic (exact) mass is 256 g/mol. The molecule has 0 spiro atoms. The van der Waals surface area contributed by atoms with E-state index in [0.29, 0.717) is 0 Å². The first-order chi connectivity index (χ1) is 7.28. The molecule has 2 atom stereocenters. The van der Waals surface area contributed by atoms with E-state index in [2.05, 4.69) is 9.05 Å². The molecule has 0 heterocycles. The summed E-state index contributed by atoms with van der Waals surface area (Å²) < 4.78 is 19.0. The first-order valence-electron chi connectivity index (χ1n) is 3.80. The van der Waals surface area contributed by atoms with Gasteiger partial charge in [0.25, 0.3) is 5.78 Å². The molecule has 0 fully saturated rings. The van der Waals surface area contributed by atoms with Crippen LogP contribution in [0.25, 0.3) is 0 Å². The van der Waals surface area contributed by atoms with Crippen molar-refractivity contribution in [1.82, 2.24) is 0 Å². The van der Waals surface area contributed by atoms with Crippen LogP contribution >= 0.6 is 7.82 Å². The quantitative estimate of drug-likeness (QED) is 0.263. The lowest BCUT2D eigenvalue weighted by atomic mass is 10.4. The predicted octanol–water partition coefficient (Wildman–Crippen LogP) is -1.67. The van der Waals surface area contributed by atoms with Crippen molar-refractivity contribution in [2.45, 2.75) is 6.10 Å². The number of aldehydes is 1. The Morgan fingerprint density at radius 3 is 2.38 bits per heavy atom. The summed E-state index contributed by atoms with van der Waals surface area (Å²) in [6.45, 7) is -1.96. The molecule has 0 aliphatic heterocycles. The lowest BCUT2D eigenvalue weighted by Gasteiger charge is -2.11. The van der Waals surface area contributed by atoms with Gasteiger partial charge in [-0.1, -0.05) is 0 Å². The summed E-state index contributed by atoms with van der Waals surface area (Å²) in [4.78, 5) is 39.2. The molecule has 92 valence electrons. The van der Waals surface area contributed by atoms with Crippen LogP contribution in [0.2, 0.25) is 0 Å². The molecule has 0 aliphatic rings. The van der Waals surface area contributed by atoms with Gasteiger partial charge in [-0.2, -0.15) is 0 Å². The number of hydrogen-bond donors (Lipinski definition) is 3. The van der Waals surface area contributed by atoms with E-state index in [0.717, 1.165) is 0 Å². The van der Waals surface area contributed by atoms with Crippen LogP contribution in [-0.4, -0.2) is 52.5 Å². The first-order valence-corrected chi connectivity index (χ1v) is 5.29. The fourth-order valence-electron chi connectivity index (χ4n) is 0.449.